The van der Waals surface area contributed by atoms with Gasteiger partial charge < -0.3 is 4.52 Å². The van der Waals surface area contributed by atoms with Crippen LogP contribution < -0.4 is 0 Å². The Labute approximate surface area is 123 Å². The molecular formula is C14H13F2N5O. The van der Waals surface area contributed by atoms with Gasteiger partial charge in [0.2, 0.25) is 5.92 Å². The molecule has 0 amide bonds. The number of nitrogens with zero attached hydrogens (tertiary/aromatic N) is 4. The molecule has 1 saturated carbocycles. The van der Waals surface area contributed by atoms with Gasteiger partial charge in [0.1, 0.15) is 0 Å². The lowest BCUT2D eigenvalue weighted by atomic mass is 9.79. The lowest BCUT2D eigenvalue weighted by Gasteiger charge is -2.34. The Hall–Kier alpha value is -2.38. The maximum atomic E-state index is 12.8. The van der Waals surface area contributed by atoms with E-state index in [2.05, 4.69) is 25.3 Å². The summed E-state index contributed by atoms with van der Waals surface area (Å²) in [7, 11) is 0. The zero-order valence-corrected chi connectivity index (χ0v) is 11.8. The van der Waals surface area contributed by atoms with Gasteiger partial charge in [-0.3, -0.25) is 5.10 Å². The Morgan fingerprint density at radius 1 is 1.41 bits per heavy atom. The molecule has 3 heterocycles. The molecule has 0 saturated heterocycles. The molecule has 6 nitrogen and oxygen atoms in total. The number of fused-ring (bicyclic) bond motifs is 1. The Morgan fingerprint density at radius 2 is 2.23 bits per heavy atom. The van der Waals surface area contributed by atoms with Crippen molar-refractivity contribution in [3.63, 3.8) is 0 Å². The summed E-state index contributed by atoms with van der Waals surface area (Å²) >= 11 is 0. The predicted octanol–water partition coefficient (Wildman–Crippen LogP) is 2.90. The van der Waals surface area contributed by atoms with Gasteiger partial charge in [-0.15, -0.1) is 0 Å². The van der Waals surface area contributed by atoms with E-state index < -0.39 is 5.92 Å². The van der Waals surface area contributed by atoms with Crippen LogP contribution in [0.2, 0.25) is 0 Å². The lowest BCUT2D eigenvalue weighted by molar-refractivity contribution is -0.110. The number of aryl methyl sites for hydroxylation is 1. The first kappa shape index (κ1) is 13.3. The summed E-state index contributed by atoms with van der Waals surface area (Å²) in [6.45, 7) is 1.90. The minimum atomic E-state index is -2.52. The number of aromatic nitrogens is 5. The van der Waals surface area contributed by atoms with Crippen LogP contribution in [-0.4, -0.2) is 31.2 Å². The standard InChI is InChI=1S/C14H13F2N5O/c1-7-10-3-9(6-17-12(10)20-19-7)13-18-11(21-22-13)2-8-4-14(15,16)5-8/h3,6,8H,2,4-5H2,1H3,(H,17,19,20). The summed E-state index contributed by atoms with van der Waals surface area (Å²) in [6.07, 6.45) is 1.83. The number of hydrogen-bond acceptors (Lipinski definition) is 5. The molecule has 1 fully saturated rings. The van der Waals surface area contributed by atoms with Crippen molar-refractivity contribution in [3.05, 3.63) is 23.8 Å². The van der Waals surface area contributed by atoms with E-state index >= 15 is 0 Å². The van der Waals surface area contributed by atoms with Gasteiger partial charge in [0, 0.05) is 36.5 Å². The molecule has 0 bridgehead atoms. The highest BCUT2D eigenvalue weighted by atomic mass is 19.3. The molecule has 0 spiro atoms. The van der Waals surface area contributed by atoms with Crippen LogP contribution in [0.25, 0.3) is 22.5 Å². The molecular weight excluding hydrogens is 292 g/mol. The summed E-state index contributed by atoms with van der Waals surface area (Å²) in [5.41, 5.74) is 2.22. The number of halogens is 2. The minimum Gasteiger partial charge on any atom is -0.334 e. The average molecular weight is 305 g/mol. The Balaban J connectivity index is 1.56. The molecule has 3 aromatic heterocycles. The van der Waals surface area contributed by atoms with Gasteiger partial charge in [-0.05, 0) is 18.9 Å². The number of nitrogens with one attached hydrogen (secondary N) is 1. The highest BCUT2D eigenvalue weighted by molar-refractivity contribution is 5.81. The van der Waals surface area contributed by atoms with E-state index in [1.54, 1.807) is 6.20 Å². The highest BCUT2D eigenvalue weighted by Gasteiger charge is 2.45. The first-order valence-corrected chi connectivity index (χ1v) is 7.02. The number of pyridine rings is 1. The van der Waals surface area contributed by atoms with Gasteiger partial charge in [0.15, 0.2) is 11.5 Å². The van der Waals surface area contributed by atoms with Crippen LogP contribution in [0.5, 0.6) is 0 Å². The summed E-state index contributed by atoms with van der Waals surface area (Å²) in [5.74, 6) is -1.79. The van der Waals surface area contributed by atoms with Crippen molar-refractivity contribution in [2.24, 2.45) is 5.92 Å². The van der Waals surface area contributed by atoms with Gasteiger partial charge in [0.25, 0.3) is 5.89 Å². The summed E-state index contributed by atoms with van der Waals surface area (Å²) in [6, 6.07) is 1.87. The highest BCUT2D eigenvalue weighted by Crippen LogP contribution is 2.43. The van der Waals surface area contributed by atoms with Crippen molar-refractivity contribution < 1.29 is 13.3 Å². The van der Waals surface area contributed by atoms with Crippen molar-refractivity contribution in [2.45, 2.75) is 32.1 Å². The minimum absolute atomic E-state index is 0.0721. The topological polar surface area (TPSA) is 80.5 Å². The second kappa shape index (κ2) is 4.56. The molecule has 3 aromatic rings. The number of rotatable bonds is 3. The molecule has 0 atom stereocenters. The quantitative estimate of drug-likeness (QED) is 0.804. The number of alkyl halides is 2. The largest absolute Gasteiger partial charge is 0.334 e. The Kier molecular flexibility index (Phi) is 2.75. The van der Waals surface area contributed by atoms with Crippen molar-refractivity contribution in [2.75, 3.05) is 0 Å². The monoisotopic (exact) mass is 305 g/mol. The smallest absolute Gasteiger partial charge is 0.259 e. The fourth-order valence-corrected chi connectivity index (χ4v) is 2.78. The number of aromatic amines is 1. The van der Waals surface area contributed by atoms with Crippen molar-refractivity contribution >= 4 is 11.0 Å². The second-order valence-corrected chi connectivity index (χ2v) is 5.79. The van der Waals surface area contributed by atoms with Gasteiger partial charge >= 0.3 is 0 Å². The van der Waals surface area contributed by atoms with E-state index in [4.69, 9.17) is 4.52 Å². The van der Waals surface area contributed by atoms with Gasteiger partial charge in [0.05, 0.1) is 5.56 Å². The molecule has 0 aromatic carbocycles. The van der Waals surface area contributed by atoms with E-state index in [-0.39, 0.29) is 18.8 Å². The third-order valence-corrected chi connectivity index (χ3v) is 3.96. The molecule has 1 N–H and O–H groups in total. The average Bonchev–Trinajstić information content (AvgIpc) is 3.04. The van der Waals surface area contributed by atoms with Crippen LogP contribution in [0, 0.1) is 12.8 Å². The molecule has 1 aliphatic carbocycles. The summed E-state index contributed by atoms with van der Waals surface area (Å²) < 4.78 is 30.9. The fraction of sp³-hybridized carbons (Fsp3) is 0.429. The summed E-state index contributed by atoms with van der Waals surface area (Å²) in [4.78, 5) is 8.50. The maximum Gasteiger partial charge on any atom is 0.259 e. The normalized spacial score (nSPS) is 17.8. The molecule has 1 aliphatic rings. The van der Waals surface area contributed by atoms with Crippen molar-refractivity contribution in [1.29, 1.82) is 0 Å². The SMILES string of the molecule is Cc1[nH]nc2ncc(-c3nc(CC4CC(F)(F)C4)no3)cc12. The van der Waals surface area contributed by atoms with Gasteiger partial charge in [-0.25, -0.2) is 13.8 Å². The van der Waals surface area contributed by atoms with Crippen LogP contribution in [0.3, 0.4) is 0 Å². The zero-order chi connectivity index (χ0) is 15.3. The molecule has 0 unspecified atom stereocenters. The molecule has 114 valence electrons. The van der Waals surface area contributed by atoms with Crippen LogP contribution in [0.4, 0.5) is 8.78 Å². The number of hydrogen-bond donors (Lipinski definition) is 1. The second-order valence-electron chi connectivity index (χ2n) is 5.79. The van der Waals surface area contributed by atoms with Gasteiger partial charge in [-0.1, -0.05) is 5.16 Å². The Bertz CT molecular complexity index is 833. The van der Waals surface area contributed by atoms with E-state index in [9.17, 15) is 8.78 Å². The van der Waals surface area contributed by atoms with E-state index in [0.29, 0.717) is 29.3 Å². The number of H-pyrrole nitrogens is 1. The van der Waals surface area contributed by atoms with Crippen molar-refractivity contribution in [3.8, 4) is 11.5 Å². The molecule has 22 heavy (non-hydrogen) atoms. The van der Waals surface area contributed by atoms with E-state index in [1.807, 2.05) is 13.0 Å². The molecule has 0 radical (unpaired) electrons. The first-order chi connectivity index (χ1) is 10.5. The van der Waals surface area contributed by atoms with E-state index in [0.717, 1.165) is 11.1 Å². The lowest BCUT2D eigenvalue weighted by Crippen LogP contribution is -2.36. The first-order valence-electron chi connectivity index (χ1n) is 7.02. The Morgan fingerprint density at radius 3 is 3.00 bits per heavy atom. The van der Waals surface area contributed by atoms with Crippen LogP contribution in [-0.2, 0) is 6.42 Å². The van der Waals surface area contributed by atoms with E-state index in [1.165, 1.54) is 0 Å². The van der Waals surface area contributed by atoms with Crippen LogP contribution in [0.15, 0.2) is 16.8 Å². The van der Waals surface area contributed by atoms with Gasteiger partial charge in [-0.2, -0.15) is 10.1 Å². The summed E-state index contributed by atoms with van der Waals surface area (Å²) in [5, 5.41) is 11.7. The maximum absolute atomic E-state index is 12.8. The molecule has 4 rings (SSSR count). The molecule has 0 aliphatic heterocycles. The van der Waals surface area contributed by atoms with Crippen LogP contribution >= 0.6 is 0 Å². The molecule has 8 heteroatoms. The predicted molar refractivity (Wildman–Crippen MR) is 73.3 cm³/mol. The third kappa shape index (κ3) is 2.24. The van der Waals surface area contributed by atoms with Crippen LogP contribution in [0.1, 0.15) is 24.4 Å². The zero-order valence-electron chi connectivity index (χ0n) is 11.8. The fourth-order valence-electron chi connectivity index (χ4n) is 2.78. The van der Waals surface area contributed by atoms with Crippen molar-refractivity contribution in [1.82, 2.24) is 25.3 Å². The third-order valence-electron chi connectivity index (χ3n) is 3.96.